The quantitative estimate of drug-likeness (QED) is 0.790. The number of piperazine rings is 1. The molecule has 5 nitrogen and oxygen atoms in total. The van der Waals surface area contributed by atoms with Crippen LogP contribution in [0.2, 0.25) is 0 Å². The van der Waals surface area contributed by atoms with Gasteiger partial charge in [0.15, 0.2) is 5.82 Å². The van der Waals surface area contributed by atoms with E-state index in [0.29, 0.717) is 0 Å². The molecule has 1 saturated heterocycles. The number of anilines is 1. The Morgan fingerprint density at radius 2 is 2.06 bits per heavy atom. The van der Waals surface area contributed by atoms with Crippen LogP contribution >= 0.6 is 12.4 Å². The van der Waals surface area contributed by atoms with Crippen LogP contribution in [0.3, 0.4) is 0 Å². The number of halogens is 1. The van der Waals surface area contributed by atoms with Crippen LogP contribution in [0.15, 0.2) is 24.9 Å². The number of hydrogen-bond donors (Lipinski definition) is 1. The molecular formula is C10H14ClN5. The summed E-state index contributed by atoms with van der Waals surface area (Å²) in [7, 11) is 0. The summed E-state index contributed by atoms with van der Waals surface area (Å²) in [6.45, 7) is 4.09. The number of aromatic nitrogens is 3. The molecule has 16 heavy (non-hydrogen) atoms. The largest absolute Gasteiger partial charge is 0.352 e. The van der Waals surface area contributed by atoms with Crippen molar-refractivity contribution in [1.82, 2.24) is 19.7 Å². The van der Waals surface area contributed by atoms with Gasteiger partial charge in [-0.1, -0.05) is 0 Å². The van der Waals surface area contributed by atoms with Crippen molar-refractivity contribution in [2.45, 2.75) is 0 Å². The summed E-state index contributed by atoms with van der Waals surface area (Å²) in [6, 6.07) is 0. The molecule has 0 bridgehead atoms. The summed E-state index contributed by atoms with van der Waals surface area (Å²) in [4.78, 5) is 10.9. The summed E-state index contributed by atoms with van der Waals surface area (Å²) in [6.07, 6.45) is 7.41. The van der Waals surface area contributed by atoms with Crippen LogP contribution in [0.1, 0.15) is 0 Å². The molecule has 3 heterocycles. The first-order valence-electron chi connectivity index (χ1n) is 5.17. The van der Waals surface area contributed by atoms with E-state index < -0.39 is 0 Å². The molecule has 0 radical (unpaired) electrons. The van der Waals surface area contributed by atoms with Gasteiger partial charge in [0.2, 0.25) is 0 Å². The Hall–Kier alpha value is -1.33. The van der Waals surface area contributed by atoms with E-state index in [2.05, 4.69) is 20.2 Å². The molecule has 0 unspecified atom stereocenters. The van der Waals surface area contributed by atoms with Gasteiger partial charge in [-0.2, -0.15) is 0 Å². The van der Waals surface area contributed by atoms with Crippen LogP contribution in [0, 0.1) is 0 Å². The number of rotatable bonds is 1. The summed E-state index contributed by atoms with van der Waals surface area (Å²) < 4.78 is 2.00. The highest BCUT2D eigenvalue weighted by Gasteiger charge is 2.15. The fraction of sp³-hybridized carbons (Fsp3) is 0.400. The number of nitrogens with zero attached hydrogens (tertiary/aromatic N) is 4. The second kappa shape index (κ2) is 4.67. The zero-order valence-electron chi connectivity index (χ0n) is 8.83. The van der Waals surface area contributed by atoms with Crippen LogP contribution in [0.5, 0.6) is 0 Å². The molecule has 1 fully saturated rings. The van der Waals surface area contributed by atoms with Gasteiger partial charge in [0.05, 0.1) is 6.20 Å². The lowest BCUT2D eigenvalue weighted by Crippen LogP contribution is -2.43. The third-order valence-corrected chi connectivity index (χ3v) is 2.74. The standard InChI is InChI=1S/C10H13N5.ClH/c1-4-14(5-2-11-1)10-9-7-12-3-6-15(9)8-13-10;/h3,6-8,11H,1-2,4-5H2;1H. The molecule has 6 heteroatoms. The van der Waals surface area contributed by atoms with E-state index in [4.69, 9.17) is 0 Å². The van der Waals surface area contributed by atoms with Crippen molar-refractivity contribution in [3.05, 3.63) is 24.9 Å². The Labute approximate surface area is 99.9 Å². The summed E-state index contributed by atoms with van der Waals surface area (Å²) >= 11 is 0. The van der Waals surface area contributed by atoms with Gasteiger partial charge in [-0.15, -0.1) is 12.4 Å². The third kappa shape index (κ3) is 1.83. The first-order chi connectivity index (χ1) is 7.45. The van der Waals surface area contributed by atoms with Crippen LogP contribution in [0.4, 0.5) is 5.82 Å². The van der Waals surface area contributed by atoms with E-state index in [1.807, 2.05) is 23.1 Å². The molecule has 0 saturated carbocycles. The molecule has 2 aromatic heterocycles. The molecule has 1 aliphatic heterocycles. The maximum atomic E-state index is 4.44. The highest BCUT2D eigenvalue weighted by atomic mass is 35.5. The highest BCUT2D eigenvalue weighted by molar-refractivity contribution is 5.85. The lowest BCUT2D eigenvalue weighted by molar-refractivity contribution is 0.587. The maximum Gasteiger partial charge on any atom is 0.156 e. The van der Waals surface area contributed by atoms with E-state index in [-0.39, 0.29) is 12.4 Å². The fourth-order valence-corrected chi connectivity index (χ4v) is 1.95. The number of hydrogen-bond acceptors (Lipinski definition) is 4. The molecule has 0 atom stereocenters. The van der Waals surface area contributed by atoms with Gasteiger partial charge in [0.25, 0.3) is 0 Å². The Morgan fingerprint density at radius 3 is 2.88 bits per heavy atom. The molecule has 86 valence electrons. The Kier molecular flexibility index (Phi) is 3.26. The molecule has 0 aliphatic carbocycles. The Bertz CT molecular complexity index is 463. The van der Waals surface area contributed by atoms with Gasteiger partial charge >= 0.3 is 0 Å². The normalized spacial score (nSPS) is 16.1. The van der Waals surface area contributed by atoms with Crippen molar-refractivity contribution in [3.8, 4) is 0 Å². The van der Waals surface area contributed by atoms with Crippen LogP contribution in [0.25, 0.3) is 5.52 Å². The van der Waals surface area contributed by atoms with Crippen molar-refractivity contribution in [2.24, 2.45) is 0 Å². The molecule has 1 N–H and O–H groups in total. The smallest absolute Gasteiger partial charge is 0.156 e. The summed E-state index contributed by atoms with van der Waals surface area (Å²) in [5.74, 6) is 1.05. The van der Waals surface area contributed by atoms with Gasteiger partial charge in [0, 0.05) is 38.6 Å². The maximum absolute atomic E-state index is 4.44. The van der Waals surface area contributed by atoms with Crippen LogP contribution < -0.4 is 10.2 Å². The molecule has 0 aromatic carbocycles. The van der Waals surface area contributed by atoms with Crippen molar-refractivity contribution in [3.63, 3.8) is 0 Å². The Balaban J connectivity index is 0.000000963. The lowest BCUT2D eigenvalue weighted by Gasteiger charge is -2.27. The zero-order chi connectivity index (χ0) is 10.1. The van der Waals surface area contributed by atoms with Gasteiger partial charge in [-0.25, -0.2) is 4.98 Å². The molecular weight excluding hydrogens is 226 g/mol. The Morgan fingerprint density at radius 1 is 1.25 bits per heavy atom. The second-order valence-electron chi connectivity index (χ2n) is 3.67. The minimum Gasteiger partial charge on any atom is -0.352 e. The van der Waals surface area contributed by atoms with Gasteiger partial charge < -0.3 is 14.6 Å². The van der Waals surface area contributed by atoms with Crippen LogP contribution in [-0.2, 0) is 0 Å². The van der Waals surface area contributed by atoms with Crippen molar-refractivity contribution >= 4 is 23.7 Å². The van der Waals surface area contributed by atoms with Gasteiger partial charge in [-0.3, -0.25) is 4.98 Å². The first-order valence-corrected chi connectivity index (χ1v) is 5.17. The molecule has 0 spiro atoms. The average molecular weight is 240 g/mol. The molecule has 3 rings (SSSR count). The van der Waals surface area contributed by atoms with Gasteiger partial charge in [0.1, 0.15) is 11.8 Å². The van der Waals surface area contributed by atoms with E-state index in [1.165, 1.54) is 0 Å². The van der Waals surface area contributed by atoms with E-state index >= 15 is 0 Å². The predicted octanol–water partition coefficient (Wildman–Crippen LogP) is 0.561. The van der Waals surface area contributed by atoms with E-state index in [9.17, 15) is 0 Å². The van der Waals surface area contributed by atoms with E-state index in [1.54, 1.807) is 6.20 Å². The third-order valence-electron chi connectivity index (χ3n) is 2.74. The molecule has 2 aromatic rings. The number of imidazole rings is 1. The topological polar surface area (TPSA) is 45.5 Å². The first kappa shape index (κ1) is 11.2. The van der Waals surface area contributed by atoms with Gasteiger partial charge in [-0.05, 0) is 0 Å². The monoisotopic (exact) mass is 239 g/mol. The fourth-order valence-electron chi connectivity index (χ4n) is 1.95. The minimum absolute atomic E-state index is 0. The summed E-state index contributed by atoms with van der Waals surface area (Å²) in [5, 5.41) is 3.33. The SMILES string of the molecule is Cl.c1cn2cnc(N3CCNCC3)c2cn1. The summed E-state index contributed by atoms with van der Waals surface area (Å²) in [5.41, 5.74) is 1.08. The minimum atomic E-state index is 0. The average Bonchev–Trinajstić information content (AvgIpc) is 2.74. The second-order valence-corrected chi connectivity index (χ2v) is 3.67. The highest BCUT2D eigenvalue weighted by Crippen LogP contribution is 2.18. The predicted molar refractivity (Wildman–Crippen MR) is 65.3 cm³/mol. The van der Waals surface area contributed by atoms with Crippen LogP contribution in [-0.4, -0.2) is 40.5 Å². The van der Waals surface area contributed by atoms with Crippen molar-refractivity contribution in [2.75, 3.05) is 31.1 Å². The van der Waals surface area contributed by atoms with E-state index in [0.717, 1.165) is 37.5 Å². The zero-order valence-corrected chi connectivity index (χ0v) is 9.65. The number of nitrogens with one attached hydrogen (secondary N) is 1. The number of fused-ring (bicyclic) bond motifs is 1. The van der Waals surface area contributed by atoms with Crippen molar-refractivity contribution < 1.29 is 0 Å². The molecule has 1 aliphatic rings. The molecule has 0 amide bonds. The van der Waals surface area contributed by atoms with Crippen molar-refractivity contribution in [1.29, 1.82) is 0 Å². The lowest BCUT2D eigenvalue weighted by atomic mass is 10.3.